The van der Waals surface area contributed by atoms with Crippen LogP contribution in [-0.2, 0) is 9.53 Å². The summed E-state index contributed by atoms with van der Waals surface area (Å²) in [5.41, 5.74) is 3.34. The average molecular weight is 327 g/mol. The smallest absolute Gasteiger partial charge is 0.316 e. The number of cyclic esters (lactones) is 1. The number of para-hydroxylation sites is 1. The molecule has 2 aromatic rings. The Hall–Kier alpha value is -2.83. The van der Waals surface area contributed by atoms with Gasteiger partial charge in [-0.1, -0.05) is 12.1 Å². The molecule has 1 fully saturated rings. The predicted molar refractivity (Wildman–Crippen MR) is 86.3 cm³/mol. The first kappa shape index (κ1) is 14.7. The Morgan fingerprint density at radius 3 is 2.83 bits per heavy atom. The van der Waals surface area contributed by atoms with E-state index in [1.807, 2.05) is 25.1 Å². The third kappa shape index (κ3) is 1.94. The summed E-state index contributed by atoms with van der Waals surface area (Å²) in [5.74, 6) is 0.827. The minimum absolute atomic E-state index is 0.206. The number of H-pyrrole nitrogens is 1. The lowest BCUT2D eigenvalue weighted by molar-refractivity contribution is -0.141. The number of hydrogen-bond acceptors (Lipinski definition) is 6. The zero-order valence-corrected chi connectivity index (χ0v) is 13.6. The number of methoxy groups -OCH3 is 2. The van der Waals surface area contributed by atoms with Gasteiger partial charge in [-0.25, -0.2) is 4.99 Å². The fourth-order valence-electron chi connectivity index (χ4n) is 3.57. The quantitative estimate of drug-likeness (QED) is 0.873. The van der Waals surface area contributed by atoms with Crippen molar-refractivity contribution in [2.75, 3.05) is 20.8 Å². The lowest BCUT2D eigenvalue weighted by Crippen LogP contribution is -2.28. The zero-order valence-electron chi connectivity index (χ0n) is 13.6. The summed E-state index contributed by atoms with van der Waals surface area (Å²) in [5, 5.41) is 7.23. The van der Waals surface area contributed by atoms with Crippen molar-refractivity contribution < 1.29 is 19.0 Å². The Morgan fingerprint density at radius 2 is 2.08 bits per heavy atom. The molecule has 24 heavy (non-hydrogen) atoms. The van der Waals surface area contributed by atoms with Gasteiger partial charge >= 0.3 is 5.97 Å². The van der Waals surface area contributed by atoms with Crippen molar-refractivity contribution in [2.24, 2.45) is 10.9 Å². The third-order valence-electron chi connectivity index (χ3n) is 4.61. The van der Waals surface area contributed by atoms with Crippen LogP contribution in [0.15, 0.2) is 23.2 Å². The van der Waals surface area contributed by atoms with Crippen molar-refractivity contribution in [2.45, 2.75) is 12.8 Å². The summed E-state index contributed by atoms with van der Waals surface area (Å²) < 4.78 is 16.2. The molecule has 2 aliphatic heterocycles. The molecule has 1 aromatic carbocycles. The molecule has 1 N–H and O–H groups in total. The number of aryl methyl sites for hydroxylation is 1. The number of aromatic nitrogens is 2. The first-order valence-corrected chi connectivity index (χ1v) is 7.65. The Bertz CT molecular complexity index is 856. The Balaban J connectivity index is 1.97. The lowest BCUT2D eigenvalue weighted by Gasteiger charge is -2.27. The van der Waals surface area contributed by atoms with Crippen LogP contribution in [0.5, 0.6) is 11.5 Å². The summed E-state index contributed by atoms with van der Waals surface area (Å²) >= 11 is 0. The molecule has 3 heterocycles. The monoisotopic (exact) mass is 327 g/mol. The van der Waals surface area contributed by atoms with Crippen LogP contribution in [0, 0.1) is 12.8 Å². The van der Waals surface area contributed by atoms with E-state index in [0.717, 1.165) is 16.8 Å². The molecular weight excluding hydrogens is 310 g/mol. The number of carbonyl (C=O) groups is 1. The second-order valence-electron chi connectivity index (χ2n) is 5.83. The Kier molecular flexibility index (Phi) is 3.30. The molecule has 2 aliphatic rings. The highest BCUT2D eigenvalue weighted by atomic mass is 16.5. The lowest BCUT2D eigenvalue weighted by atomic mass is 9.77. The molecule has 0 radical (unpaired) electrons. The number of ether oxygens (including phenoxy) is 3. The Morgan fingerprint density at radius 1 is 1.25 bits per heavy atom. The van der Waals surface area contributed by atoms with Gasteiger partial charge in [0.2, 0.25) is 0 Å². The highest BCUT2D eigenvalue weighted by Gasteiger charge is 2.47. The minimum atomic E-state index is -0.463. The van der Waals surface area contributed by atoms with Crippen LogP contribution in [0.4, 0.5) is 5.82 Å². The van der Waals surface area contributed by atoms with Gasteiger partial charge in [-0.05, 0) is 13.0 Å². The summed E-state index contributed by atoms with van der Waals surface area (Å²) in [4.78, 5) is 16.9. The van der Waals surface area contributed by atoms with E-state index >= 15 is 0 Å². The molecule has 7 heteroatoms. The SMILES string of the molecule is COc1cccc(C2c3c(n[nH]c3C)N=C3COC(=O)C32)c1OC. The molecule has 1 saturated heterocycles. The van der Waals surface area contributed by atoms with Crippen LogP contribution < -0.4 is 9.47 Å². The molecule has 0 aliphatic carbocycles. The van der Waals surface area contributed by atoms with Crippen LogP contribution in [0.25, 0.3) is 0 Å². The number of rotatable bonds is 3. The van der Waals surface area contributed by atoms with Gasteiger partial charge in [-0.15, -0.1) is 0 Å². The maximum atomic E-state index is 12.4. The highest BCUT2D eigenvalue weighted by Crippen LogP contribution is 2.49. The van der Waals surface area contributed by atoms with E-state index in [0.29, 0.717) is 23.0 Å². The van der Waals surface area contributed by atoms with Crippen molar-refractivity contribution in [1.29, 1.82) is 0 Å². The van der Waals surface area contributed by atoms with Crippen LogP contribution in [0.1, 0.15) is 22.7 Å². The highest BCUT2D eigenvalue weighted by molar-refractivity contribution is 6.11. The number of benzene rings is 1. The number of carbonyl (C=O) groups excluding carboxylic acids is 1. The van der Waals surface area contributed by atoms with Crippen LogP contribution in [0.3, 0.4) is 0 Å². The minimum Gasteiger partial charge on any atom is -0.493 e. The molecule has 2 unspecified atom stereocenters. The van der Waals surface area contributed by atoms with Gasteiger partial charge in [0.15, 0.2) is 17.3 Å². The average Bonchev–Trinajstić information content (AvgIpc) is 3.16. The van der Waals surface area contributed by atoms with Gasteiger partial charge in [-0.3, -0.25) is 9.89 Å². The van der Waals surface area contributed by atoms with Crippen molar-refractivity contribution >= 4 is 17.5 Å². The number of fused-ring (bicyclic) bond motifs is 2. The van der Waals surface area contributed by atoms with Gasteiger partial charge in [0.1, 0.15) is 12.5 Å². The molecule has 0 spiro atoms. The molecule has 4 rings (SSSR count). The summed E-state index contributed by atoms with van der Waals surface area (Å²) in [7, 11) is 3.18. The Labute approximate surface area is 138 Å². The van der Waals surface area contributed by atoms with E-state index in [1.54, 1.807) is 14.2 Å². The van der Waals surface area contributed by atoms with Crippen molar-refractivity contribution in [1.82, 2.24) is 10.2 Å². The largest absolute Gasteiger partial charge is 0.493 e. The number of hydrogen-bond donors (Lipinski definition) is 1. The van der Waals surface area contributed by atoms with Gasteiger partial charge in [0.25, 0.3) is 0 Å². The van der Waals surface area contributed by atoms with E-state index < -0.39 is 5.92 Å². The van der Waals surface area contributed by atoms with Crippen LogP contribution >= 0.6 is 0 Å². The van der Waals surface area contributed by atoms with E-state index in [9.17, 15) is 4.79 Å². The normalized spacial score (nSPS) is 21.6. The van der Waals surface area contributed by atoms with Gasteiger partial charge in [0.05, 0.1) is 19.9 Å². The molecule has 124 valence electrons. The maximum absolute atomic E-state index is 12.4. The van der Waals surface area contributed by atoms with E-state index in [1.165, 1.54) is 0 Å². The first-order valence-electron chi connectivity index (χ1n) is 7.65. The first-order chi connectivity index (χ1) is 11.7. The molecule has 2 atom stereocenters. The predicted octanol–water partition coefficient (Wildman–Crippen LogP) is 2.13. The summed E-state index contributed by atoms with van der Waals surface area (Å²) in [6.45, 7) is 2.13. The van der Waals surface area contributed by atoms with Crippen LogP contribution in [-0.4, -0.2) is 42.7 Å². The molecule has 7 nitrogen and oxygen atoms in total. The zero-order chi connectivity index (χ0) is 16.8. The number of aliphatic imine (C=N–C) groups is 1. The summed E-state index contributed by atoms with van der Waals surface area (Å²) in [6.07, 6.45) is 0. The fraction of sp³-hybridized carbons (Fsp3) is 0.353. The van der Waals surface area contributed by atoms with Crippen LogP contribution in [0.2, 0.25) is 0 Å². The van der Waals surface area contributed by atoms with Gasteiger partial charge in [-0.2, -0.15) is 5.10 Å². The van der Waals surface area contributed by atoms with E-state index in [4.69, 9.17) is 14.2 Å². The second kappa shape index (κ2) is 5.36. The maximum Gasteiger partial charge on any atom is 0.316 e. The number of nitrogens with zero attached hydrogens (tertiary/aromatic N) is 2. The molecule has 0 saturated carbocycles. The molecular formula is C17H17N3O4. The number of esters is 1. The number of aromatic amines is 1. The van der Waals surface area contributed by atoms with Crippen molar-refractivity contribution in [3.05, 3.63) is 35.0 Å². The number of nitrogens with one attached hydrogen (secondary N) is 1. The van der Waals surface area contributed by atoms with Gasteiger partial charge < -0.3 is 14.2 Å². The molecule has 0 amide bonds. The summed E-state index contributed by atoms with van der Waals surface area (Å²) in [6, 6.07) is 5.66. The van der Waals surface area contributed by atoms with E-state index in [-0.39, 0.29) is 18.5 Å². The van der Waals surface area contributed by atoms with Gasteiger partial charge in [0, 0.05) is 22.7 Å². The topological polar surface area (TPSA) is 85.8 Å². The molecule has 1 aromatic heterocycles. The third-order valence-corrected chi connectivity index (χ3v) is 4.61. The van der Waals surface area contributed by atoms with E-state index in [2.05, 4.69) is 15.2 Å². The fourth-order valence-corrected chi connectivity index (χ4v) is 3.57. The van der Waals surface area contributed by atoms with Crippen molar-refractivity contribution in [3.63, 3.8) is 0 Å². The molecule has 0 bridgehead atoms. The van der Waals surface area contributed by atoms with Crippen molar-refractivity contribution in [3.8, 4) is 11.5 Å². The second-order valence-corrected chi connectivity index (χ2v) is 5.83. The standard InChI is InChI=1S/C17H17N3O4/c1-8-12-13(9-5-4-6-11(22-2)15(9)23-3)14-10(7-24-17(14)21)18-16(12)20-19-8/h4-6,13-14H,7H2,1-3H3,(H,19,20).